The van der Waals surface area contributed by atoms with E-state index in [0.29, 0.717) is 22.3 Å². The number of benzene rings is 2. The maximum absolute atomic E-state index is 8.83. The number of aromatic nitrogens is 2. The molecule has 0 fully saturated rings. The van der Waals surface area contributed by atoms with Crippen LogP contribution in [0.2, 0.25) is 0 Å². The Hall–Kier alpha value is -2.87. The summed E-state index contributed by atoms with van der Waals surface area (Å²) in [7, 11) is 1.60. The lowest BCUT2D eigenvalue weighted by Crippen LogP contribution is -1.89. The monoisotopic (exact) mass is 251 g/mol. The minimum Gasteiger partial charge on any atom is -0.496 e. The first kappa shape index (κ1) is 11.2. The van der Waals surface area contributed by atoms with Crippen LogP contribution in [0.1, 0.15) is 5.56 Å². The highest BCUT2D eigenvalue weighted by Crippen LogP contribution is 2.35. The van der Waals surface area contributed by atoms with E-state index in [0.717, 1.165) is 11.1 Å². The number of ether oxygens (including phenoxy) is 1. The molecule has 0 bridgehead atoms. The molecule has 1 heterocycles. The summed E-state index contributed by atoms with van der Waals surface area (Å²) in [6.45, 7) is 0. The fourth-order valence-electron chi connectivity index (χ4n) is 1.99. The lowest BCUT2D eigenvalue weighted by Gasteiger charge is -2.08. The van der Waals surface area contributed by atoms with E-state index in [1.54, 1.807) is 25.3 Å². The topological polar surface area (TPSA) is 71.9 Å². The Labute approximate surface area is 109 Å². The van der Waals surface area contributed by atoms with Crippen LogP contribution in [0.4, 0.5) is 0 Å². The minimum atomic E-state index is 0.605. The number of nitriles is 1. The van der Waals surface area contributed by atoms with E-state index in [2.05, 4.69) is 16.4 Å². The molecular formula is C14H9N3O2. The van der Waals surface area contributed by atoms with Gasteiger partial charge in [0.2, 0.25) is 0 Å². The summed E-state index contributed by atoms with van der Waals surface area (Å²) in [5.74, 6) is 0.688. The van der Waals surface area contributed by atoms with Gasteiger partial charge in [-0.15, -0.1) is 0 Å². The van der Waals surface area contributed by atoms with Crippen molar-refractivity contribution in [2.45, 2.75) is 0 Å². The van der Waals surface area contributed by atoms with Gasteiger partial charge in [0.1, 0.15) is 16.8 Å². The van der Waals surface area contributed by atoms with Gasteiger partial charge in [0.05, 0.1) is 24.3 Å². The highest BCUT2D eigenvalue weighted by Gasteiger charge is 2.14. The van der Waals surface area contributed by atoms with Crippen molar-refractivity contribution < 1.29 is 9.37 Å². The van der Waals surface area contributed by atoms with Crippen molar-refractivity contribution in [3.8, 4) is 22.9 Å². The van der Waals surface area contributed by atoms with E-state index in [1.165, 1.54) is 0 Å². The molecule has 0 amide bonds. The molecule has 0 saturated heterocycles. The molecular weight excluding hydrogens is 242 g/mol. The Kier molecular flexibility index (Phi) is 2.62. The Morgan fingerprint density at radius 3 is 2.58 bits per heavy atom. The van der Waals surface area contributed by atoms with Gasteiger partial charge in [-0.1, -0.05) is 12.1 Å². The highest BCUT2D eigenvalue weighted by molar-refractivity contribution is 5.94. The maximum Gasteiger partial charge on any atom is 0.146 e. The summed E-state index contributed by atoms with van der Waals surface area (Å²) < 4.78 is 10.1. The van der Waals surface area contributed by atoms with Gasteiger partial charge in [-0.2, -0.15) is 5.26 Å². The molecule has 0 unspecified atom stereocenters. The van der Waals surface area contributed by atoms with Gasteiger partial charge in [-0.25, -0.2) is 4.63 Å². The summed E-state index contributed by atoms with van der Waals surface area (Å²) in [5, 5.41) is 16.6. The maximum atomic E-state index is 8.83. The molecule has 3 aromatic rings. The van der Waals surface area contributed by atoms with Gasteiger partial charge in [0.25, 0.3) is 0 Å². The Morgan fingerprint density at radius 2 is 1.89 bits per heavy atom. The second-order valence-corrected chi connectivity index (χ2v) is 3.96. The third-order valence-corrected chi connectivity index (χ3v) is 2.91. The van der Waals surface area contributed by atoms with Gasteiger partial charge in [-0.3, -0.25) is 0 Å². The molecule has 1 aromatic heterocycles. The molecule has 19 heavy (non-hydrogen) atoms. The van der Waals surface area contributed by atoms with Crippen LogP contribution in [0.25, 0.3) is 22.2 Å². The van der Waals surface area contributed by atoms with E-state index in [4.69, 9.17) is 14.6 Å². The lowest BCUT2D eigenvalue weighted by atomic mass is 10.0. The van der Waals surface area contributed by atoms with Crippen molar-refractivity contribution >= 4 is 11.0 Å². The lowest BCUT2D eigenvalue weighted by molar-refractivity contribution is 0.315. The molecule has 5 heteroatoms. The van der Waals surface area contributed by atoms with Crippen LogP contribution >= 0.6 is 0 Å². The first-order valence-corrected chi connectivity index (χ1v) is 5.63. The van der Waals surface area contributed by atoms with Gasteiger partial charge in [0.15, 0.2) is 0 Å². The smallest absolute Gasteiger partial charge is 0.146 e. The molecule has 3 rings (SSSR count). The fourth-order valence-corrected chi connectivity index (χ4v) is 1.99. The Morgan fingerprint density at radius 1 is 1.11 bits per heavy atom. The van der Waals surface area contributed by atoms with Crippen LogP contribution in [0.3, 0.4) is 0 Å². The van der Waals surface area contributed by atoms with E-state index in [9.17, 15) is 0 Å². The summed E-state index contributed by atoms with van der Waals surface area (Å²) in [6.07, 6.45) is 0. The van der Waals surface area contributed by atoms with Crippen molar-refractivity contribution in [3.05, 3.63) is 42.0 Å². The van der Waals surface area contributed by atoms with Crippen LogP contribution in [-0.2, 0) is 0 Å². The average molecular weight is 251 g/mol. The summed E-state index contributed by atoms with van der Waals surface area (Å²) in [5.41, 5.74) is 3.63. The predicted octanol–water partition coefficient (Wildman–Crippen LogP) is 2.77. The number of rotatable bonds is 2. The van der Waals surface area contributed by atoms with Crippen LogP contribution in [0, 0.1) is 11.3 Å². The van der Waals surface area contributed by atoms with Crippen LogP contribution in [0.5, 0.6) is 5.75 Å². The zero-order valence-electron chi connectivity index (χ0n) is 10.1. The van der Waals surface area contributed by atoms with Crippen molar-refractivity contribution in [2.24, 2.45) is 0 Å². The third-order valence-electron chi connectivity index (χ3n) is 2.91. The van der Waals surface area contributed by atoms with E-state index < -0.39 is 0 Å². The molecule has 0 aliphatic heterocycles. The SMILES string of the molecule is COc1ccc2nonc2c1-c1ccc(C#N)cc1. The van der Waals surface area contributed by atoms with Crippen molar-refractivity contribution in [2.75, 3.05) is 7.11 Å². The van der Waals surface area contributed by atoms with Crippen molar-refractivity contribution in [1.82, 2.24) is 10.3 Å². The van der Waals surface area contributed by atoms with Crippen LogP contribution < -0.4 is 4.74 Å². The number of nitrogens with zero attached hydrogens (tertiary/aromatic N) is 3. The molecule has 0 atom stereocenters. The molecule has 0 N–H and O–H groups in total. The third kappa shape index (κ3) is 1.79. The molecule has 0 aliphatic rings. The zero-order chi connectivity index (χ0) is 13.2. The molecule has 0 saturated carbocycles. The quantitative estimate of drug-likeness (QED) is 0.700. The minimum absolute atomic E-state index is 0.605. The van der Waals surface area contributed by atoms with E-state index >= 15 is 0 Å². The van der Waals surface area contributed by atoms with Gasteiger partial charge in [0, 0.05) is 0 Å². The van der Waals surface area contributed by atoms with Crippen LogP contribution in [-0.4, -0.2) is 17.4 Å². The van der Waals surface area contributed by atoms with Gasteiger partial charge in [-0.05, 0) is 40.1 Å². The second-order valence-electron chi connectivity index (χ2n) is 3.96. The number of hydrogen-bond donors (Lipinski definition) is 0. The molecule has 0 spiro atoms. The zero-order valence-corrected chi connectivity index (χ0v) is 10.1. The predicted molar refractivity (Wildman–Crippen MR) is 68.5 cm³/mol. The van der Waals surface area contributed by atoms with Gasteiger partial charge >= 0.3 is 0 Å². The second kappa shape index (κ2) is 4.42. The van der Waals surface area contributed by atoms with Crippen molar-refractivity contribution in [3.63, 3.8) is 0 Å². The van der Waals surface area contributed by atoms with E-state index in [-0.39, 0.29) is 0 Å². The molecule has 5 nitrogen and oxygen atoms in total. The summed E-state index contributed by atoms with van der Waals surface area (Å²) in [4.78, 5) is 0. The number of fused-ring (bicyclic) bond motifs is 1. The molecule has 0 aliphatic carbocycles. The van der Waals surface area contributed by atoms with Gasteiger partial charge < -0.3 is 4.74 Å². The van der Waals surface area contributed by atoms with Crippen molar-refractivity contribution in [1.29, 1.82) is 5.26 Å². The normalized spacial score (nSPS) is 10.3. The highest BCUT2D eigenvalue weighted by atomic mass is 16.6. The molecule has 2 aromatic carbocycles. The summed E-state index contributed by atoms with van der Waals surface area (Å²) >= 11 is 0. The summed E-state index contributed by atoms with van der Waals surface area (Å²) in [6, 6.07) is 12.9. The largest absolute Gasteiger partial charge is 0.496 e. The average Bonchev–Trinajstić information content (AvgIpc) is 2.94. The standard InChI is InChI=1S/C14H9N3O2/c1-18-12-7-6-11-14(17-19-16-11)13(12)10-4-2-9(8-15)3-5-10/h2-7H,1H3. The van der Waals surface area contributed by atoms with E-state index in [1.807, 2.05) is 18.2 Å². The van der Waals surface area contributed by atoms with Crippen LogP contribution in [0.15, 0.2) is 41.0 Å². The molecule has 0 radical (unpaired) electrons. The Balaban J connectivity index is 2.27. The first-order valence-electron chi connectivity index (χ1n) is 5.63. The first-order chi connectivity index (χ1) is 9.33. The number of hydrogen-bond acceptors (Lipinski definition) is 5. The fraction of sp³-hybridized carbons (Fsp3) is 0.0714. The number of methoxy groups -OCH3 is 1. The molecule has 92 valence electrons. The Bertz CT molecular complexity index is 769.